The Morgan fingerprint density at radius 3 is 1.68 bits per heavy atom. The first-order valence-electron chi connectivity index (χ1n) is 7.85. The van der Waals surface area contributed by atoms with Crippen molar-refractivity contribution >= 4 is 13.2 Å². The Labute approximate surface area is 133 Å². The van der Waals surface area contributed by atoms with Gasteiger partial charge in [-0.15, -0.1) is 0 Å². The van der Waals surface area contributed by atoms with Crippen molar-refractivity contribution in [1.29, 1.82) is 0 Å². The predicted octanol–water partition coefficient (Wildman–Crippen LogP) is 5.33. The van der Waals surface area contributed by atoms with Crippen molar-refractivity contribution in [2.45, 2.75) is 11.6 Å². The second kappa shape index (κ2) is 6.07. The van der Waals surface area contributed by atoms with Crippen LogP contribution in [0.5, 0.6) is 0 Å². The normalized spacial score (nSPS) is 23.7. The highest BCUT2D eigenvalue weighted by Crippen LogP contribution is 2.68. The summed E-state index contributed by atoms with van der Waals surface area (Å²) in [6.45, 7) is 0. The van der Waals surface area contributed by atoms with Crippen molar-refractivity contribution in [2.75, 3.05) is 6.16 Å². The van der Waals surface area contributed by atoms with Gasteiger partial charge in [-0.2, -0.15) is 0 Å². The fraction of sp³-hybridized carbons (Fsp3) is 0.143. The molecule has 108 valence electrons. The van der Waals surface area contributed by atoms with E-state index in [1.165, 1.54) is 17.3 Å². The maximum atomic E-state index is 2.31. The molecule has 0 aromatic heterocycles. The molecule has 1 fully saturated rings. The molecule has 0 spiro atoms. The van der Waals surface area contributed by atoms with E-state index in [0.29, 0.717) is 11.6 Å². The summed E-state index contributed by atoms with van der Waals surface area (Å²) in [6.07, 6.45) is 1.31. The highest BCUT2D eigenvalue weighted by atomic mass is 31.1. The largest absolute Gasteiger partial charge is 0.0664 e. The van der Waals surface area contributed by atoms with Gasteiger partial charge in [-0.25, -0.2) is 0 Å². The molecule has 1 saturated heterocycles. The van der Waals surface area contributed by atoms with E-state index < -0.39 is 0 Å². The van der Waals surface area contributed by atoms with Gasteiger partial charge in [0.15, 0.2) is 0 Å². The first-order valence-corrected chi connectivity index (χ1v) is 9.45. The van der Waals surface area contributed by atoms with E-state index >= 15 is 0 Å². The van der Waals surface area contributed by atoms with Crippen LogP contribution in [0.4, 0.5) is 0 Å². The molecule has 3 aromatic rings. The van der Waals surface area contributed by atoms with Gasteiger partial charge < -0.3 is 0 Å². The molecule has 0 N–H and O–H groups in total. The van der Waals surface area contributed by atoms with E-state index in [4.69, 9.17) is 0 Å². The fourth-order valence-corrected chi connectivity index (χ4v) is 6.45. The van der Waals surface area contributed by atoms with Crippen LogP contribution in [0.1, 0.15) is 22.7 Å². The van der Waals surface area contributed by atoms with E-state index in [2.05, 4.69) is 91.0 Å². The van der Waals surface area contributed by atoms with Crippen LogP contribution in [-0.4, -0.2) is 6.16 Å². The smallest absolute Gasteiger partial charge is 0.0154 e. The molecule has 0 radical (unpaired) electrons. The molecule has 1 aliphatic rings. The molecule has 22 heavy (non-hydrogen) atoms. The summed E-state index contributed by atoms with van der Waals surface area (Å²) in [5.41, 5.74) is 3.64. The Morgan fingerprint density at radius 1 is 0.591 bits per heavy atom. The molecule has 1 heterocycles. The van der Waals surface area contributed by atoms with Gasteiger partial charge >= 0.3 is 0 Å². The van der Waals surface area contributed by atoms with Gasteiger partial charge in [-0.3, -0.25) is 0 Å². The number of benzene rings is 3. The lowest BCUT2D eigenvalue weighted by atomic mass is 9.92. The first-order chi connectivity index (χ1) is 10.9. The molecule has 3 atom stereocenters. The molecule has 0 nitrogen and oxygen atoms in total. The summed E-state index contributed by atoms with van der Waals surface area (Å²) in [4.78, 5) is 0. The maximum Gasteiger partial charge on any atom is 0.0154 e. The molecule has 0 saturated carbocycles. The number of hydrogen-bond donors (Lipinski definition) is 0. The van der Waals surface area contributed by atoms with Crippen molar-refractivity contribution in [3.63, 3.8) is 0 Å². The summed E-state index contributed by atoms with van der Waals surface area (Å²) < 4.78 is 0. The molecule has 4 rings (SSSR count). The van der Waals surface area contributed by atoms with Gasteiger partial charge in [0.25, 0.3) is 0 Å². The van der Waals surface area contributed by atoms with E-state index in [9.17, 15) is 0 Å². The van der Waals surface area contributed by atoms with Crippen LogP contribution in [0.2, 0.25) is 0 Å². The van der Waals surface area contributed by atoms with Gasteiger partial charge in [-0.05, 0) is 28.5 Å². The summed E-state index contributed by atoms with van der Waals surface area (Å²) in [6, 6.07) is 33.2. The Bertz CT molecular complexity index is 676. The van der Waals surface area contributed by atoms with Gasteiger partial charge in [0.1, 0.15) is 0 Å². The predicted molar refractivity (Wildman–Crippen MR) is 96.2 cm³/mol. The second-order valence-corrected chi connectivity index (χ2v) is 8.24. The lowest BCUT2D eigenvalue weighted by Crippen LogP contribution is -2.29. The van der Waals surface area contributed by atoms with Crippen molar-refractivity contribution in [3.05, 3.63) is 102 Å². The topological polar surface area (TPSA) is 0 Å². The minimum absolute atomic E-state index is 0.0955. The van der Waals surface area contributed by atoms with E-state index in [0.717, 1.165) is 0 Å². The summed E-state index contributed by atoms with van der Waals surface area (Å²) in [5.74, 6) is 0.662. The van der Waals surface area contributed by atoms with Crippen LogP contribution in [0.3, 0.4) is 0 Å². The number of hydrogen-bond acceptors (Lipinski definition) is 0. The third kappa shape index (κ3) is 2.49. The molecule has 0 amide bonds. The lowest BCUT2D eigenvalue weighted by Gasteiger charge is -2.46. The Hall–Kier alpha value is -1.91. The van der Waals surface area contributed by atoms with Crippen molar-refractivity contribution in [3.8, 4) is 0 Å². The Kier molecular flexibility index (Phi) is 3.79. The fourth-order valence-electron chi connectivity index (χ4n) is 3.44. The monoisotopic (exact) mass is 302 g/mol. The first kappa shape index (κ1) is 13.7. The molecular formula is C21H19P. The van der Waals surface area contributed by atoms with Crippen LogP contribution in [-0.2, 0) is 0 Å². The van der Waals surface area contributed by atoms with E-state index in [1.807, 2.05) is 0 Å². The molecule has 3 unspecified atom stereocenters. The summed E-state index contributed by atoms with van der Waals surface area (Å²) in [7, 11) is -0.0955. The van der Waals surface area contributed by atoms with E-state index in [-0.39, 0.29) is 7.92 Å². The highest BCUT2D eigenvalue weighted by Gasteiger charge is 2.42. The lowest BCUT2D eigenvalue weighted by molar-refractivity contribution is 0.683. The summed E-state index contributed by atoms with van der Waals surface area (Å²) >= 11 is 0. The van der Waals surface area contributed by atoms with Crippen molar-refractivity contribution in [1.82, 2.24) is 0 Å². The molecule has 3 aromatic carbocycles. The average Bonchev–Trinajstić information content (AvgIpc) is 2.57. The maximum absolute atomic E-state index is 2.31. The van der Waals surface area contributed by atoms with E-state index in [1.54, 1.807) is 5.30 Å². The van der Waals surface area contributed by atoms with Gasteiger partial charge in [0, 0.05) is 5.66 Å². The zero-order valence-electron chi connectivity index (χ0n) is 12.5. The van der Waals surface area contributed by atoms with Gasteiger partial charge in [-0.1, -0.05) is 98.9 Å². The SMILES string of the molecule is c1ccc(C2CP(c3ccccc3)C2c2ccccc2)cc1. The minimum atomic E-state index is -0.0955. The molecular weight excluding hydrogens is 283 g/mol. The quantitative estimate of drug-likeness (QED) is 0.573. The third-order valence-corrected chi connectivity index (χ3v) is 7.64. The second-order valence-electron chi connectivity index (χ2n) is 5.86. The van der Waals surface area contributed by atoms with Crippen LogP contribution < -0.4 is 5.30 Å². The zero-order valence-corrected chi connectivity index (χ0v) is 13.4. The Morgan fingerprint density at radius 2 is 1.09 bits per heavy atom. The van der Waals surface area contributed by atoms with Crippen molar-refractivity contribution < 1.29 is 0 Å². The van der Waals surface area contributed by atoms with Crippen LogP contribution >= 0.6 is 7.92 Å². The number of rotatable bonds is 3. The van der Waals surface area contributed by atoms with Gasteiger partial charge in [0.2, 0.25) is 0 Å². The molecule has 0 aliphatic carbocycles. The van der Waals surface area contributed by atoms with Crippen LogP contribution in [0.15, 0.2) is 91.0 Å². The van der Waals surface area contributed by atoms with Crippen LogP contribution in [0, 0.1) is 0 Å². The average molecular weight is 302 g/mol. The van der Waals surface area contributed by atoms with Crippen LogP contribution in [0.25, 0.3) is 0 Å². The standard InChI is InChI=1S/C21H19P/c1-4-10-17(11-5-1)20-16-22(19-14-8-3-9-15-19)21(20)18-12-6-2-7-13-18/h1-15,20-21H,16H2. The minimum Gasteiger partial charge on any atom is -0.0664 e. The molecule has 0 bridgehead atoms. The summed E-state index contributed by atoms with van der Waals surface area (Å²) in [5, 5.41) is 1.54. The molecule has 1 heteroatoms. The molecule has 1 aliphatic heterocycles. The Balaban J connectivity index is 1.71. The third-order valence-electron chi connectivity index (χ3n) is 4.57. The van der Waals surface area contributed by atoms with Gasteiger partial charge in [0.05, 0.1) is 0 Å². The zero-order chi connectivity index (χ0) is 14.8. The highest BCUT2D eigenvalue weighted by molar-refractivity contribution is 7.67. The van der Waals surface area contributed by atoms with Crippen molar-refractivity contribution in [2.24, 2.45) is 0 Å².